The van der Waals surface area contributed by atoms with Gasteiger partial charge in [-0.25, -0.2) is 0 Å². The zero-order chi connectivity index (χ0) is 19.5. The molecule has 0 bridgehead atoms. The molecule has 2 amide bonds. The third-order valence-corrected chi connectivity index (χ3v) is 6.83. The van der Waals surface area contributed by atoms with Crippen molar-refractivity contribution in [1.82, 2.24) is 10.6 Å². The summed E-state index contributed by atoms with van der Waals surface area (Å²) in [4.78, 5) is 25.9. The minimum absolute atomic E-state index is 0.00616. The molecule has 27 heavy (non-hydrogen) atoms. The lowest BCUT2D eigenvalue weighted by Gasteiger charge is -2.33. The van der Waals surface area contributed by atoms with Crippen molar-refractivity contribution in [3.63, 3.8) is 0 Å². The normalized spacial score (nSPS) is 13.1. The average Bonchev–Trinajstić information content (AvgIpc) is 3.40. The van der Waals surface area contributed by atoms with Gasteiger partial charge in [0.25, 0.3) is 11.8 Å². The molecule has 0 aliphatic carbocycles. The van der Waals surface area contributed by atoms with E-state index in [-0.39, 0.29) is 17.2 Å². The molecule has 6 heteroatoms. The van der Waals surface area contributed by atoms with Gasteiger partial charge in [-0.1, -0.05) is 38.8 Å². The molecular formula is C21H30N2O2S2. The molecule has 0 saturated heterocycles. The molecular weight excluding hydrogens is 376 g/mol. The van der Waals surface area contributed by atoms with Crippen molar-refractivity contribution in [2.75, 3.05) is 13.1 Å². The van der Waals surface area contributed by atoms with Crippen molar-refractivity contribution in [3.05, 3.63) is 44.8 Å². The van der Waals surface area contributed by atoms with E-state index in [1.54, 1.807) is 0 Å². The molecule has 0 aromatic carbocycles. The quantitative estimate of drug-likeness (QED) is 0.468. The van der Waals surface area contributed by atoms with Crippen molar-refractivity contribution in [2.45, 2.75) is 52.4 Å². The molecule has 2 N–H and O–H groups in total. The fourth-order valence-corrected chi connectivity index (χ4v) is 4.54. The highest BCUT2D eigenvalue weighted by atomic mass is 32.1. The van der Waals surface area contributed by atoms with Crippen LogP contribution in [-0.4, -0.2) is 24.9 Å². The maximum Gasteiger partial charge on any atom is 0.261 e. The van der Waals surface area contributed by atoms with E-state index in [0.717, 1.165) is 48.3 Å². The van der Waals surface area contributed by atoms with Crippen LogP contribution in [0.5, 0.6) is 0 Å². The zero-order valence-electron chi connectivity index (χ0n) is 16.3. The topological polar surface area (TPSA) is 58.2 Å². The SMILES string of the molecule is CCCCC(CC)(CCCNC(=O)c1cccs1)CNC(=O)c1cccs1. The van der Waals surface area contributed by atoms with Gasteiger partial charge in [0, 0.05) is 13.1 Å². The van der Waals surface area contributed by atoms with Crippen LogP contribution in [0.1, 0.15) is 71.7 Å². The number of hydrogen-bond acceptors (Lipinski definition) is 4. The number of nitrogens with one attached hydrogen (secondary N) is 2. The van der Waals surface area contributed by atoms with Gasteiger partial charge >= 0.3 is 0 Å². The summed E-state index contributed by atoms with van der Waals surface area (Å²) < 4.78 is 0. The molecule has 1 unspecified atom stereocenters. The highest BCUT2D eigenvalue weighted by Crippen LogP contribution is 2.33. The summed E-state index contributed by atoms with van der Waals surface area (Å²) in [5.74, 6) is 0.0250. The molecule has 0 radical (unpaired) electrons. The highest BCUT2D eigenvalue weighted by molar-refractivity contribution is 7.12. The minimum atomic E-state index is 0.00616. The Morgan fingerprint density at radius 1 is 0.926 bits per heavy atom. The standard InChI is InChI=1S/C21H30N2O2S2/c1-3-5-11-21(4-2,16-23-20(25)18-10-7-15-27-18)12-8-13-22-19(24)17-9-6-14-26-17/h6-7,9-10,14-15H,3-5,8,11-13,16H2,1-2H3,(H,22,24)(H,23,25). The Hall–Kier alpha value is -1.66. The Bertz CT molecular complexity index is 683. The number of thiophene rings is 2. The van der Waals surface area contributed by atoms with Crippen molar-refractivity contribution in [2.24, 2.45) is 5.41 Å². The van der Waals surface area contributed by atoms with Crippen molar-refractivity contribution >= 4 is 34.5 Å². The summed E-state index contributed by atoms with van der Waals surface area (Å²) in [6.45, 7) is 5.77. The van der Waals surface area contributed by atoms with Gasteiger partial charge in [0.1, 0.15) is 0 Å². The van der Waals surface area contributed by atoms with Gasteiger partial charge in [0.05, 0.1) is 9.75 Å². The molecule has 0 saturated carbocycles. The van der Waals surface area contributed by atoms with Gasteiger partial charge in [-0.15, -0.1) is 22.7 Å². The minimum Gasteiger partial charge on any atom is -0.351 e. The van der Waals surface area contributed by atoms with E-state index in [4.69, 9.17) is 0 Å². The van der Waals surface area contributed by atoms with Crippen LogP contribution < -0.4 is 10.6 Å². The van der Waals surface area contributed by atoms with E-state index < -0.39 is 0 Å². The van der Waals surface area contributed by atoms with Crippen LogP contribution in [0.2, 0.25) is 0 Å². The zero-order valence-corrected chi connectivity index (χ0v) is 17.9. The summed E-state index contributed by atoms with van der Waals surface area (Å²) in [5, 5.41) is 10.00. The Morgan fingerprint density at radius 3 is 2.04 bits per heavy atom. The van der Waals surface area contributed by atoms with Crippen molar-refractivity contribution in [3.8, 4) is 0 Å². The van der Waals surface area contributed by atoms with Gasteiger partial charge < -0.3 is 10.6 Å². The largest absolute Gasteiger partial charge is 0.351 e. The lowest BCUT2D eigenvalue weighted by atomic mass is 9.76. The smallest absolute Gasteiger partial charge is 0.261 e. The highest BCUT2D eigenvalue weighted by Gasteiger charge is 2.28. The first-order chi connectivity index (χ1) is 13.1. The first kappa shape index (κ1) is 21.6. The third-order valence-electron chi connectivity index (χ3n) is 5.09. The number of carbonyl (C=O) groups is 2. The predicted octanol–water partition coefficient (Wildman–Crippen LogP) is 5.34. The van der Waals surface area contributed by atoms with Crippen molar-refractivity contribution in [1.29, 1.82) is 0 Å². The Kier molecular flexibility index (Phi) is 9.01. The third kappa shape index (κ3) is 6.78. The Morgan fingerprint density at radius 2 is 1.52 bits per heavy atom. The molecule has 0 spiro atoms. The second-order valence-corrected chi connectivity index (χ2v) is 8.85. The summed E-state index contributed by atoms with van der Waals surface area (Å²) in [7, 11) is 0. The molecule has 0 fully saturated rings. The van der Waals surface area contributed by atoms with E-state index in [2.05, 4.69) is 24.5 Å². The van der Waals surface area contributed by atoms with Gasteiger partial charge in [0.2, 0.25) is 0 Å². The van der Waals surface area contributed by atoms with Crippen LogP contribution in [0.25, 0.3) is 0 Å². The molecule has 2 aromatic heterocycles. The second kappa shape index (κ2) is 11.2. The van der Waals surface area contributed by atoms with Crippen LogP contribution in [0, 0.1) is 5.41 Å². The molecule has 2 heterocycles. The fourth-order valence-electron chi connectivity index (χ4n) is 3.25. The van der Waals surface area contributed by atoms with Crippen LogP contribution in [0.3, 0.4) is 0 Å². The first-order valence-corrected chi connectivity index (χ1v) is 11.5. The van der Waals surface area contributed by atoms with Crippen molar-refractivity contribution < 1.29 is 9.59 Å². The van der Waals surface area contributed by atoms with Gasteiger partial charge in [-0.2, -0.15) is 0 Å². The van der Waals surface area contributed by atoms with Gasteiger partial charge in [-0.3, -0.25) is 9.59 Å². The Balaban J connectivity index is 1.85. The summed E-state index contributed by atoms with van der Waals surface area (Å²) in [5.41, 5.74) is 0.0938. The van der Waals surface area contributed by atoms with E-state index in [9.17, 15) is 9.59 Å². The van der Waals surface area contributed by atoms with Gasteiger partial charge in [-0.05, 0) is 54.0 Å². The summed E-state index contributed by atoms with van der Waals surface area (Å²) in [6.07, 6.45) is 6.35. The van der Waals surface area contributed by atoms with Crippen LogP contribution in [-0.2, 0) is 0 Å². The van der Waals surface area contributed by atoms with E-state index in [0.29, 0.717) is 13.1 Å². The molecule has 0 aliphatic heterocycles. The molecule has 148 valence electrons. The lowest BCUT2D eigenvalue weighted by molar-refractivity contribution is 0.0920. The summed E-state index contributed by atoms with van der Waals surface area (Å²) >= 11 is 2.93. The number of hydrogen-bond donors (Lipinski definition) is 2. The Labute approximate surface area is 170 Å². The van der Waals surface area contributed by atoms with E-state index in [1.807, 2.05) is 35.0 Å². The van der Waals surface area contributed by atoms with Crippen LogP contribution >= 0.6 is 22.7 Å². The molecule has 4 nitrogen and oxygen atoms in total. The number of rotatable bonds is 12. The van der Waals surface area contributed by atoms with Crippen LogP contribution in [0.15, 0.2) is 35.0 Å². The number of carbonyl (C=O) groups excluding carboxylic acids is 2. The van der Waals surface area contributed by atoms with E-state index in [1.165, 1.54) is 22.7 Å². The number of amides is 2. The maximum absolute atomic E-state index is 12.3. The molecule has 2 aromatic rings. The number of unbranched alkanes of at least 4 members (excludes halogenated alkanes) is 1. The maximum atomic E-state index is 12.3. The predicted molar refractivity (Wildman–Crippen MR) is 115 cm³/mol. The monoisotopic (exact) mass is 406 g/mol. The van der Waals surface area contributed by atoms with Crippen LogP contribution in [0.4, 0.5) is 0 Å². The average molecular weight is 407 g/mol. The lowest BCUT2D eigenvalue weighted by Crippen LogP contribution is -2.38. The van der Waals surface area contributed by atoms with Gasteiger partial charge in [0.15, 0.2) is 0 Å². The molecule has 1 atom stereocenters. The first-order valence-electron chi connectivity index (χ1n) is 9.73. The van der Waals surface area contributed by atoms with E-state index >= 15 is 0 Å². The second-order valence-electron chi connectivity index (χ2n) is 6.95. The molecule has 0 aliphatic rings. The molecule has 2 rings (SSSR count). The fraction of sp³-hybridized carbons (Fsp3) is 0.524. The summed E-state index contributed by atoms with van der Waals surface area (Å²) in [6, 6.07) is 7.50.